The number of aromatic amines is 1. The number of aromatic nitrogens is 5. The number of fused-ring (bicyclic) bond motifs is 1. The minimum atomic E-state index is 0.0190. The maximum Gasteiger partial charge on any atom is 0.252 e. The first-order chi connectivity index (χ1) is 16.5. The summed E-state index contributed by atoms with van der Waals surface area (Å²) in [5, 5.41) is 14.2. The van der Waals surface area contributed by atoms with Crippen molar-refractivity contribution in [2.24, 2.45) is 0 Å². The van der Waals surface area contributed by atoms with E-state index in [1.54, 1.807) is 0 Å². The van der Waals surface area contributed by atoms with Crippen LogP contribution in [0.4, 0.5) is 0 Å². The molecule has 1 aromatic carbocycles. The van der Waals surface area contributed by atoms with Gasteiger partial charge in [0.05, 0.1) is 17.6 Å². The number of benzene rings is 1. The first-order valence-electron chi connectivity index (χ1n) is 13.2. The van der Waals surface area contributed by atoms with Crippen molar-refractivity contribution >= 4 is 10.9 Å². The molecule has 2 fully saturated rings. The predicted molar refractivity (Wildman–Crippen MR) is 135 cm³/mol. The molecule has 2 aliphatic rings. The van der Waals surface area contributed by atoms with E-state index >= 15 is 0 Å². The number of pyridine rings is 1. The quantitative estimate of drug-likeness (QED) is 0.499. The zero-order valence-electron chi connectivity index (χ0n) is 20.9. The monoisotopic (exact) mass is 462 g/mol. The fourth-order valence-electron chi connectivity index (χ4n) is 6.35. The smallest absolute Gasteiger partial charge is 0.252 e. The fourth-order valence-corrected chi connectivity index (χ4v) is 6.35. The molecule has 0 radical (unpaired) electrons. The number of H-pyrrole nitrogens is 1. The van der Waals surface area contributed by atoms with Crippen molar-refractivity contribution < 1.29 is 0 Å². The van der Waals surface area contributed by atoms with Gasteiger partial charge >= 0.3 is 0 Å². The number of hydrogen-bond donors (Lipinski definition) is 1. The molecule has 1 N–H and O–H groups in total. The predicted octanol–water partition coefficient (Wildman–Crippen LogP) is 5.53. The van der Waals surface area contributed by atoms with Crippen LogP contribution in [-0.2, 0) is 6.54 Å². The molecular formula is C27H38N6O. The van der Waals surface area contributed by atoms with Gasteiger partial charge in [0, 0.05) is 18.2 Å². The summed E-state index contributed by atoms with van der Waals surface area (Å²) in [6.45, 7) is 7.03. The average Bonchev–Trinajstić information content (AvgIpc) is 3.52. The molecule has 2 aromatic heterocycles. The highest BCUT2D eigenvalue weighted by atomic mass is 16.1. The van der Waals surface area contributed by atoms with Gasteiger partial charge in [-0.1, -0.05) is 50.7 Å². The summed E-state index contributed by atoms with van der Waals surface area (Å²) in [5.74, 6) is 0.976. The molecule has 2 heterocycles. The molecule has 0 aliphatic heterocycles. The Labute approximate surface area is 201 Å². The number of tetrazole rings is 1. The van der Waals surface area contributed by atoms with Gasteiger partial charge in [-0.05, 0) is 79.5 Å². The summed E-state index contributed by atoms with van der Waals surface area (Å²) < 4.78 is 2.11. The van der Waals surface area contributed by atoms with E-state index in [-0.39, 0.29) is 11.6 Å². The standard InChI is InChI=1S/C27H38N6O/c1-4-24(26-29-30-31-33(26)23-12-8-9-13-23)32(22-10-6-5-7-11-22)17-21-16-20-15-18(2)14-19(3)25(20)28-27(21)34/h14-16,22-24H,4-13,17H2,1-3H3,(H,28,34). The van der Waals surface area contributed by atoms with Gasteiger partial charge in [-0.15, -0.1) is 5.10 Å². The van der Waals surface area contributed by atoms with Crippen molar-refractivity contribution in [2.45, 2.75) is 110 Å². The zero-order valence-corrected chi connectivity index (χ0v) is 20.9. The van der Waals surface area contributed by atoms with E-state index in [4.69, 9.17) is 0 Å². The third-order valence-corrected chi connectivity index (χ3v) is 8.04. The van der Waals surface area contributed by atoms with Crippen LogP contribution < -0.4 is 5.56 Å². The van der Waals surface area contributed by atoms with Crippen LogP contribution in [0, 0.1) is 13.8 Å². The van der Waals surface area contributed by atoms with E-state index < -0.39 is 0 Å². The van der Waals surface area contributed by atoms with Crippen molar-refractivity contribution in [3.63, 3.8) is 0 Å². The van der Waals surface area contributed by atoms with Crippen LogP contribution in [-0.4, -0.2) is 36.1 Å². The van der Waals surface area contributed by atoms with Gasteiger partial charge < -0.3 is 4.98 Å². The van der Waals surface area contributed by atoms with Crippen LogP contribution in [0.3, 0.4) is 0 Å². The molecule has 34 heavy (non-hydrogen) atoms. The summed E-state index contributed by atoms with van der Waals surface area (Å²) in [4.78, 5) is 19.0. The third-order valence-electron chi connectivity index (χ3n) is 8.04. The fraction of sp³-hybridized carbons (Fsp3) is 0.630. The molecule has 1 unspecified atom stereocenters. The van der Waals surface area contributed by atoms with Crippen LogP contribution in [0.1, 0.15) is 106 Å². The summed E-state index contributed by atoms with van der Waals surface area (Å²) >= 11 is 0. The van der Waals surface area contributed by atoms with Crippen LogP contribution in [0.15, 0.2) is 23.0 Å². The highest BCUT2D eigenvalue weighted by Gasteiger charge is 2.33. The van der Waals surface area contributed by atoms with Gasteiger partial charge in [-0.3, -0.25) is 9.69 Å². The topological polar surface area (TPSA) is 79.7 Å². The first kappa shape index (κ1) is 23.2. The number of nitrogens with one attached hydrogen (secondary N) is 1. The average molecular weight is 463 g/mol. The number of rotatable bonds is 7. The van der Waals surface area contributed by atoms with Crippen LogP contribution in [0.25, 0.3) is 10.9 Å². The lowest BCUT2D eigenvalue weighted by molar-refractivity contribution is 0.0830. The van der Waals surface area contributed by atoms with E-state index in [0.717, 1.165) is 47.1 Å². The Bertz CT molecular complexity index is 1190. The molecule has 182 valence electrons. The Morgan fingerprint density at radius 2 is 1.79 bits per heavy atom. The van der Waals surface area contributed by atoms with E-state index in [2.05, 4.69) is 69.1 Å². The largest absolute Gasteiger partial charge is 0.321 e. The molecule has 7 nitrogen and oxygen atoms in total. The van der Waals surface area contributed by atoms with Crippen molar-refractivity contribution in [3.05, 3.63) is 51.1 Å². The van der Waals surface area contributed by atoms with Gasteiger partial charge in [0.15, 0.2) is 5.82 Å². The van der Waals surface area contributed by atoms with Gasteiger partial charge in [0.1, 0.15) is 0 Å². The Hall–Kier alpha value is -2.54. The van der Waals surface area contributed by atoms with Crippen molar-refractivity contribution in [2.75, 3.05) is 0 Å². The normalized spacial score (nSPS) is 18.8. The molecule has 0 bridgehead atoms. The molecular weight excluding hydrogens is 424 g/mol. The summed E-state index contributed by atoms with van der Waals surface area (Å²) in [5.41, 5.74) is 4.13. The first-order valence-corrected chi connectivity index (χ1v) is 13.2. The van der Waals surface area contributed by atoms with Crippen LogP contribution >= 0.6 is 0 Å². The van der Waals surface area contributed by atoms with Gasteiger partial charge in [-0.25, -0.2) is 4.68 Å². The van der Waals surface area contributed by atoms with Crippen molar-refractivity contribution in [1.29, 1.82) is 0 Å². The van der Waals surface area contributed by atoms with Gasteiger partial charge in [0.2, 0.25) is 0 Å². The second-order valence-corrected chi connectivity index (χ2v) is 10.5. The lowest BCUT2D eigenvalue weighted by Crippen LogP contribution is -2.41. The second kappa shape index (κ2) is 9.98. The van der Waals surface area contributed by atoms with E-state index in [0.29, 0.717) is 18.6 Å². The van der Waals surface area contributed by atoms with E-state index in [9.17, 15) is 4.79 Å². The lowest BCUT2D eigenvalue weighted by atomic mass is 9.92. The minimum Gasteiger partial charge on any atom is -0.321 e. The second-order valence-electron chi connectivity index (χ2n) is 10.5. The van der Waals surface area contributed by atoms with Gasteiger partial charge in [-0.2, -0.15) is 0 Å². The maximum absolute atomic E-state index is 13.2. The van der Waals surface area contributed by atoms with Crippen LogP contribution in [0.5, 0.6) is 0 Å². The molecule has 3 aromatic rings. The number of aryl methyl sites for hydroxylation is 2. The third kappa shape index (κ3) is 4.54. The molecule has 1 atom stereocenters. The SMILES string of the molecule is CCC(c1nnnn1C1CCCC1)N(Cc1cc2cc(C)cc(C)c2[nH]c1=O)C1CCCCC1. The highest BCUT2D eigenvalue weighted by molar-refractivity contribution is 5.82. The molecule has 7 heteroatoms. The molecule has 0 saturated heterocycles. The Balaban J connectivity index is 1.53. The minimum absolute atomic E-state index is 0.0190. The molecule has 2 saturated carbocycles. The number of hydrogen-bond acceptors (Lipinski definition) is 5. The Kier molecular flexibility index (Phi) is 6.82. The Morgan fingerprint density at radius 3 is 2.53 bits per heavy atom. The Morgan fingerprint density at radius 1 is 1.06 bits per heavy atom. The number of nitrogens with zero attached hydrogens (tertiary/aromatic N) is 5. The summed E-state index contributed by atoms with van der Waals surface area (Å²) in [6.07, 6.45) is 11.9. The van der Waals surface area contributed by atoms with Crippen molar-refractivity contribution in [3.8, 4) is 0 Å². The zero-order chi connectivity index (χ0) is 23.7. The molecule has 2 aliphatic carbocycles. The maximum atomic E-state index is 13.2. The summed E-state index contributed by atoms with van der Waals surface area (Å²) in [7, 11) is 0. The lowest BCUT2D eigenvalue weighted by Gasteiger charge is -2.39. The van der Waals surface area contributed by atoms with E-state index in [1.807, 2.05) is 0 Å². The van der Waals surface area contributed by atoms with Gasteiger partial charge in [0.25, 0.3) is 5.56 Å². The van der Waals surface area contributed by atoms with Crippen LogP contribution in [0.2, 0.25) is 0 Å². The van der Waals surface area contributed by atoms with Crippen molar-refractivity contribution in [1.82, 2.24) is 30.1 Å². The molecule has 0 spiro atoms. The summed E-state index contributed by atoms with van der Waals surface area (Å²) in [6, 6.07) is 7.36. The highest BCUT2D eigenvalue weighted by Crippen LogP contribution is 2.36. The van der Waals surface area contributed by atoms with E-state index in [1.165, 1.54) is 50.5 Å². The molecule has 5 rings (SSSR count). The molecule has 0 amide bonds.